The fourth-order valence-electron chi connectivity index (χ4n) is 2.12. The van der Waals surface area contributed by atoms with Crippen LogP contribution in [0.2, 0.25) is 0 Å². The molecule has 0 aliphatic carbocycles. The van der Waals surface area contributed by atoms with Gasteiger partial charge in [0, 0.05) is 23.5 Å². The second kappa shape index (κ2) is 7.61. The molecule has 116 valence electrons. The zero-order chi connectivity index (χ0) is 15.9. The van der Waals surface area contributed by atoms with Crippen LogP contribution >= 0.6 is 12.2 Å². The molecule has 6 heteroatoms. The highest BCUT2D eigenvalue weighted by Crippen LogP contribution is 2.15. The molecule has 2 N–H and O–H groups in total. The molecule has 0 saturated carbocycles. The number of hydrogen-bond donors (Lipinski definition) is 2. The molecule has 0 unspecified atom stereocenters. The van der Waals surface area contributed by atoms with E-state index in [-0.39, 0.29) is 0 Å². The van der Waals surface area contributed by atoms with Crippen LogP contribution in [-0.4, -0.2) is 22.4 Å². The van der Waals surface area contributed by atoms with E-state index >= 15 is 0 Å². The molecule has 0 spiro atoms. The average molecular weight is 316 g/mol. The molecule has 0 saturated heterocycles. The average Bonchev–Trinajstić information content (AvgIpc) is 3.09. The summed E-state index contributed by atoms with van der Waals surface area (Å²) in [7, 11) is 0. The monoisotopic (exact) mass is 316 g/mol. The van der Waals surface area contributed by atoms with E-state index in [0.29, 0.717) is 18.2 Å². The number of aromatic nitrogens is 1. The van der Waals surface area contributed by atoms with Crippen molar-refractivity contribution in [1.82, 2.24) is 15.3 Å². The van der Waals surface area contributed by atoms with E-state index in [4.69, 9.17) is 16.6 Å². The van der Waals surface area contributed by atoms with Gasteiger partial charge in [-0.2, -0.15) is 5.10 Å². The molecule has 2 heterocycles. The molecular weight excluding hydrogens is 296 g/mol. The molecular formula is C16H20N4OS. The lowest BCUT2D eigenvalue weighted by Gasteiger charge is -2.07. The number of furan rings is 1. The van der Waals surface area contributed by atoms with Crippen LogP contribution in [0.15, 0.2) is 46.6 Å². The number of nitrogens with zero attached hydrogens (tertiary/aromatic N) is 2. The predicted octanol–water partition coefficient (Wildman–Crippen LogP) is 2.73. The molecule has 0 bridgehead atoms. The molecule has 0 aliphatic rings. The Balaban J connectivity index is 2.03. The van der Waals surface area contributed by atoms with Crippen LogP contribution in [0, 0.1) is 13.8 Å². The third-order valence-corrected chi connectivity index (χ3v) is 3.52. The molecule has 0 aliphatic heterocycles. The van der Waals surface area contributed by atoms with Crippen molar-refractivity contribution in [2.45, 2.75) is 20.4 Å². The molecule has 0 aromatic carbocycles. The van der Waals surface area contributed by atoms with Crippen molar-refractivity contribution in [3.8, 4) is 0 Å². The topological polar surface area (TPSA) is 54.5 Å². The Morgan fingerprint density at radius 3 is 3.00 bits per heavy atom. The minimum Gasteiger partial charge on any atom is -0.467 e. The van der Waals surface area contributed by atoms with Crippen molar-refractivity contribution >= 4 is 23.5 Å². The van der Waals surface area contributed by atoms with E-state index in [9.17, 15) is 0 Å². The Morgan fingerprint density at radius 2 is 2.32 bits per heavy atom. The lowest BCUT2D eigenvalue weighted by atomic mass is 10.3. The molecule has 22 heavy (non-hydrogen) atoms. The van der Waals surface area contributed by atoms with Gasteiger partial charge < -0.3 is 14.3 Å². The van der Waals surface area contributed by atoms with Gasteiger partial charge in [0.15, 0.2) is 5.11 Å². The van der Waals surface area contributed by atoms with Gasteiger partial charge in [-0.25, -0.2) is 0 Å². The molecule has 0 amide bonds. The van der Waals surface area contributed by atoms with Crippen LogP contribution in [0.5, 0.6) is 0 Å². The first-order valence-electron chi connectivity index (χ1n) is 6.98. The fraction of sp³-hybridized carbons (Fsp3) is 0.250. The van der Waals surface area contributed by atoms with Crippen LogP contribution in [-0.2, 0) is 6.54 Å². The van der Waals surface area contributed by atoms with Crippen molar-refractivity contribution in [3.63, 3.8) is 0 Å². The van der Waals surface area contributed by atoms with Crippen molar-refractivity contribution < 1.29 is 4.42 Å². The number of hydrogen-bond acceptors (Lipinski definition) is 3. The number of rotatable bonds is 6. The minimum atomic E-state index is 0.473. The van der Waals surface area contributed by atoms with Crippen molar-refractivity contribution in [1.29, 1.82) is 0 Å². The summed E-state index contributed by atoms with van der Waals surface area (Å²) in [4.78, 5) is 0. The van der Waals surface area contributed by atoms with Crippen LogP contribution in [0.4, 0.5) is 0 Å². The first kappa shape index (κ1) is 16.0. The second-order valence-corrected chi connectivity index (χ2v) is 5.27. The van der Waals surface area contributed by atoms with Gasteiger partial charge in [0.05, 0.1) is 19.0 Å². The standard InChI is InChI=1S/C16H20N4OS/c1-4-7-17-16(22)19-18-10-14-9-12(2)20(13(14)3)11-15-6-5-8-21-15/h4-6,8-10H,1,7,11H2,2-3H3,(H2,17,19,22)/b18-10-. The Morgan fingerprint density at radius 1 is 1.50 bits per heavy atom. The van der Waals surface area contributed by atoms with Gasteiger partial charge in [-0.05, 0) is 44.3 Å². The van der Waals surface area contributed by atoms with E-state index in [1.807, 2.05) is 12.1 Å². The number of aryl methyl sites for hydroxylation is 1. The fourth-order valence-corrected chi connectivity index (χ4v) is 2.26. The summed E-state index contributed by atoms with van der Waals surface area (Å²) in [5, 5.41) is 7.58. The molecule has 0 fully saturated rings. The van der Waals surface area contributed by atoms with E-state index in [1.165, 1.54) is 0 Å². The SMILES string of the molecule is C=CCNC(=S)N/N=C\c1cc(C)n(Cc2ccco2)c1C. The summed E-state index contributed by atoms with van der Waals surface area (Å²) in [6.07, 6.45) is 5.19. The Hall–Kier alpha value is -2.34. The molecule has 0 radical (unpaired) electrons. The highest BCUT2D eigenvalue weighted by atomic mass is 32.1. The summed E-state index contributed by atoms with van der Waals surface area (Å²) >= 11 is 5.07. The zero-order valence-electron chi connectivity index (χ0n) is 12.8. The third kappa shape index (κ3) is 4.08. The maximum Gasteiger partial charge on any atom is 0.187 e. The summed E-state index contributed by atoms with van der Waals surface area (Å²) in [5.74, 6) is 0.929. The van der Waals surface area contributed by atoms with Gasteiger partial charge in [0.1, 0.15) is 5.76 Å². The van der Waals surface area contributed by atoms with Crippen LogP contribution in [0.1, 0.15) is 22.7 Å². The van der Waals surface area contributed by atoms with E-state index in [1.54, 1.807) is 18.6 Å². The van der Waals surface area contributed by atoms with Crippen LogP contribution in [0.25, 0.3) is 0 Å². The lowest BCUT2D eigenvalue weighted by molar-refractivity contribution is 0.489. The quantitative estimate of drug-likeness (QED) is 0.372. The first-order chi connectivity index (χ1) is 10.6. The summed E-state index contributed by atoms with van der Waals surface area (Å²) < 4.78 is 7.60. The minimum absolute atomic E-state index is 0.473. The molecule has 0 atom stereocenters. The lowest BCUT2D eigenvalue weighted by Crippen LogP contribution is -2.31. The summed E-state index contributed by atoms with van der Waals surface area (Å²) in [6, 6.07) is 5.95. The number of nitrogens with one attached hydrogen (secondary N) is 2. The van der Waals surface area contributed by atoms with E-state index in [0.717, 1.165) is 22.7 Å². The summed E-state index contributed by atoms with van der Waals surface area (Å²) in [5.41, 5.74) is 6.11. The summed E-state index contributed by atoms with van der Waals surface area (Å²) in [6.45, 7) is 9.07. The Labute approximate surface area is 135 Å². The highest BCUT2D eigenvalue weighted by Gasteiger charge is 2.09. The number of thiocarbonyl (C=S) groups is 1. The van der Waals surface area contributed by atoms with Gasteiger partial charge in [-0.15, -0.1) is 6.58 Å². The highest BCUT2D eigenvalue weighted by molar-refractivity contribution is 7.80. The van der Waals surface area contributed by atoms with Gasteiger partial charge in [0.25, 0.3) is 0 Å². The Kier molecular flexibility index (Phi) is 5.55. The smallest absolute Gasteiger partial charge is 0.187 e. The third-order valence-electron chi connectivity index (χ3n) is 3.28. The van der Waals surface area contributed by atoms with Crippen LogP contribution in [0.3, 0.4) is 0 Å². The predicted molar refractivity (Wildman–Crippen MR) is 93.2 cm³/mol. The maximum atomic E-state index is 5.41. The zero-order valence-corrected chi connectivity index (χ0v) is 13.6. The largest absolute Gasteiger partial charge is 0.467 e. The molecule has 2 aromatic rings. The van der Waals surface area contributed by atoms with E-state index < -0.39 is 0 Å². The first-order valence-corrected chi connectivity index (χ1v) is 7.39. The van der Waals surface area contributed by atoms with Gasteiger partial charge in [0.2, 0.25) is 0 Å². The van der Waals surface area contributed by atoms with Crippen molar-refractivity contribution in [3.05, 3.63) is 59.8 Å². The molecule has 2 aromatic heterocycles. The molecule has 5 nitrogen and oxygen atoms in total. The maximum absolute atomic E-state index is 5.41. The van der Waals surface area contributed by atoms with Gasteiger partial charge >= 0.3 is 0 Å². The van der Waals surface area contributed by atoms with Gasteiger partial charge in [-0.3, -0.25) is 5.43 Å². The van der Waals surface area contributed by atoms with E-state index in [2.05, 4.69) is 46.9 Å². The Bertz CT molecular complexity index is 671. The van der Waals surface area contributed by atoms with Crippen molar-refractivity contribution in [2.75, 3.05) is 6.54 Å². The van der Waals surface area contributed by atoms with Crippen LogP contribution < -0.4 is 10.7 Å². The molecule has 2 rings (SSSR count). The van der Waals surface area contributed by atoms with Gasteiger partial charge in [-0.1, -0.05) is 6.08 Å². The second-order valence-electron chi connectivity index (χ2n) is 4.86. The van der Waals surface area contributed by atoms with Crippen molar-refractivity contribution in [2.24, 2.45) is 5.10 Å². The normalized spacial score (nSPS) is 10.8. The number of hydrazone groups is 1.